The number of hydrogen-bond acceptors (Lipinski definition) is 2. The average molecular weight is 133 g/mol. The van der Waals surface area contributed by atoms with Gasteiger partial charge in [-0.15, -0.1) is 0 Å². The summed E-state index contributed by atoms with van der Waals surface area (Å²) in [6.45, 7) is 1.95. The van der Waals surface area contributed by atoms with Gasteiger partial charge in [0.2, 0.25) is 0 Å². The summed E-state index contributed by atoms with van der Waals surface area (Å²) in [4.78, 5) is 3.97. The van der Waals surface area contributed by atoms with Crippen molar-refractivity contribution in [1.29, 1.82) is 0 Å². The van der Waals surface area contributed by atoms with Crippen molar-refractivity contribution in [2.24, 2.45) is 0 Å². The lowest BCUT2D eigenvalue weighted by Gasteiger charge is -1.84. The number of furan rings is 1. The van der Waals surface area contributed by atoms with Crippen molar-refractivity contribution in [2.75, 3.05) is 0 Å². The van der Waals surface area contributed by atoms with Crippen LogP contribution in [0.1, 0.15) is 5.76 Å². The highest BCUT2D eigenvalue weighted by molar-refractivity contribution is 5.82. The smallest absolute Gasteiger partial charge is 0.108 e. The molecule has 2 heterocycles. The molecule has 2 aromatic heterocycles. The summed E-state index contributed by atoms with van der Waals surface area (Å²) in [6.07, 6.45) is 5.29. The highest BCUT2D eigenvalue weighted by atomic mass is 16.3. The van der Waals surface area contributed by atoms with Crippen LogP contribution in [0, 0.1) is 6.92 Å². The van der Waals surface area contributed by atoms with Crippen LogP contribution in [0.5, 0.6) is 0 Å². The number of hydrogen-bond donors (Lipinski definition) is 0. The molecule has 0 unspecified atom stereocenters. The Morgan fingerprint density at radius 1 is 1.50 bits per heavy atom. The fraction of sp³-hybridized carbons (Fsp3) is 0.125. The highest BCUT2D eigenvalue weighted by Crippen LogP contribution is 2.17. The third-order valence-corrected chi connectivity index (χ3v) is 1.59. The van der Waals surface area contributed by atoms with Crippen LogP contribution in [0.2, 0.25) is 0 Å². The normalized spacial score (nSPS) is 10.5. The molecule has 0 radical (unpaired) electrons. The van der Waals surface area contributed by atoms with Gasteiger partial charge in [0, 0.05) is 23.2 Å². The fourth-order valence-corrected chi connectivity index (χ4v) is 1.04. The molecule has 0 N–H and O–H groups in total. The summed E-state index contributed by atoms with van der Waals surface area (Å²) >= 11 is 0. The Kier molecular flexibility index (Phi) is 1.01. The van der Waals surface area contributed by atoms with Crippen molar-refractivity contribution >= 4 is 10.8 Å². The van der Waals surface area contributed by atoms with Crippen LogP contribution in [0.15, 0.2) is 29.1 Å². The third kappa shape index (κ3) is 0.620. The van der Waals surface area contributed by atoms with Crippen molar-refractivity contribution in [2.45, 2.75) is 6.92 Å². The SMILES string of the molecule is Cc1occ2cnccc12. The molecule has 0 amide bonds. The summed E-state index contributed by atoms with van der Waals surface area (Å²) in [7, 11) is 0. The van der Waals surface area contributed by atoms with E-state index in [1.165, 1.54) is 0 Å². The standard InChI is InChI=1S/C8H7NO/c1-6-8-2-3-9-4-7(8)5-10-6/h2-5H,1H3. The van der Waals surface area contributed by atoms with Gasteiger partial charge in [-0.05, 0) is 13.0 Å². The van der Waals surface area contributed by atoms with Gasteiger partial charge in [-0.1, -0.05) is 0 Å². The van der Waals surface area contributed by atoms with Gasteiger partial charge in [-0.2, -0.15) is 0 Å². The van der Waals surface area contributed by atoms with Crippen molar-refractivity contribution in [3.8, 4) is 0 Å². The largest absolute Gasteiger partial charge is 0.468 e. The Bertz CT molecular complexity index is 351. The lowest BCUT2D eigenvalue weighted by Crippen LogP contribution is -1.68. The van der Waals surface area contributed by atoms with Crippen molar-refractivity contribution in [3.63, 3.8) is 0 Å². The van der Waals surface area contributed by atoms with E-state index in [0.29, 0.717) is 0 Å². The Balaban J connectivity index is 2.93. The van der Waals surface area contributed by atoms with Gasteiger partial charge in [0.05, 0.1) is 0 Å². The van der Waals surface area contributed by atoms with E-state index in [9.17, 15) is 0 Å². The van der Waals surface area contributed by atoms with E-state index in [1.807, 2.05) is 13.0 Å². The maximum atomic E-state index is 5.17. The van der Waals surface area contributed by atoms with Crippen LogP contribution in [0.3, 0.4) is 0 Å². The first-order valence-corrected chi connectivity index (χ1v) is 3.16. The Morgan fingerprint density at radius 3 is 3.20 bits per heavy atom. The van der Waals surface area contributed by atoms with E-state index in [4.69, 9.17) is 4.42 Å². The molecule has 0 aliphatic rings. The third-order valence-electron chi connectivity index (χ3n) is 1.59. The molecule has 0 atom stereocenters. The fourth-order valence-electron chi connectivity index (χ4n) is 1.04. The lowest BCUT2D eigenvalue weighted by atomic mass is 10.2. The monoisotopic (exact) mass is 133 g/mol. The predicted molar refractivity (Wildman–Crippen MR) is 38.7 cm³/mol. The molecule has 2 aromatic rings. The first-order valence-electron chi connectivity index (χ1n) is 3.16. The Hall–Kier alpha value is -1.31. The maximum Gasteiger partial charge on any atom is 0.108 e. The molecule has 50 valence electrons. The van der Waals surface area contributed by atoms with Gasteiger partial charge < -0.3 is 4.42 Å². The molecule has 2 rings (SSSR count). The lowest BCUT2D eigenvalue weighted by molar-refractivity contribution is 0.539. The molecule has 0 aromatic carbocycles. The molecule has 0 saturated carbocycles. The van der Waals surface area contributed by atoms with Crippen LogP contribution in [-0.4, -0.2) is 4.98 Å². The number of aryl methyl sites for hydroxylation is 1. The quantitative estimate of drug-likeness (QED) is 0.550. The van der Waals surface area contributed by atoms with Crippen LogP contribution in [0.4, 0.5) is 0 Å². The van der Waals surface area contributed by atoms with Crippen molar-refractivity contribution in [3.05, 3.63) is 30.5 Å². The number of fused-ring (bicyclic) bond motifs is 1. The first kappa shape index (κ1) is 5.47. The highest BCUT2D eigenvalue weighted by Gasteiger charge is 1.97. The maximum absolute atomic E-state index is 5.17. The van der Waals surface area contributed by atoms with Gasteiger partial charge in [-0.25, -0.2) is 0 Å². The minimum Gasteiger partial charge on any atom is -0.468 e. The van der Waals surface area contributed by atoms with Crippen LogP contribution < -0.4 is 0 Å². The van der Waals surface area contributed by atoms with Crippen molar-refractivity contribution in [1.82, 2.24) is 4.98 Å². The number of pyridine rings is 1. The van der Waals surface area contributed by atoms with Gasteiger partial charge in [0.15, 0.2) is 0 Å². The van der Waals surface area contributed by atoms with Crippen molar-refractivity contribution < 1.29 is 4.42 Å². The summed E-state index contributed by atoms with van der Waals surface area (Å²) in [5, 5.41) is 2.22. The molecule has 0 aliphatic carbocycles. The van der Waals surface area contributed by atoms with Gasteiger partial charge in [0.1, 0.15) is 12.0 Å². The van der Waals surface area contributed by atoms with E-state index < -0.39 is 0 Å². The van der Waals surface area contributed by atoms with Crippen LogP contribution >= 0.6 is 0 Å². The zero-order valence-corrected chi connectivity index (χ0v) is 5.66. The predicted octanol–water partition coefficient (Wildman–Crippen LogP) is 2.14. The Labute approximate surface area is 58.5 Å². The van der Waals surface area contributed by atoms with E-state index in [1.54, 1.807) is 18.7 Å². The summed E-state index contributed by atoms with van der Waals surface area (Å²) in [5.41, 5.74) is 0. The van der Waals surface area contributed by atoms with E-state index >= 15 is 0 Å². The molecule has 2 heteroatoms. The molecule has 0 bridgehead atoms. The van der Waals surface area contributed by atoms with E-state index in [0.717, 1.165) is 16.5 Å². The molecule has 0 fully saturated rings. The number of rotatable bonds is 0. The minimum atomic E-state index is 0.956. The molecular formula is C8H7NO. The second-order valence-electron chi connectivity index (χ2n) is 2.25. The van der Waals surface area contributed by atoms with E-state index in [-0.39, 0.29) is 0 Å². The zero-order chi connectivity index (χ0) is 6.97. The van der Waals surface area contributed by atoms with Gasteiger partial charge in [0.25, 0.3) is 0 Å². The number of aromatic nitrogens is 1. The second-order valence-corrected chi connectivity index (χ2v) is 2.25. The zero-order valence-electron chi connectivity index (χ0n) is 5.66. The molecular weight excluding hydrogens is 126 g/mol. The minimum absolute atomic E-state index is 0.956. The summed E-state index contributed by atoms with van der Waals surface area (Å²) < 4.78 is 5.17. The van der Waals surface area contributed by atoms with Crippen LogP contribution in [-0.2, 0) is 0 Å². The van der Waals surface area contributed by atoms with E-state index in [2.05, 4.69) is 4.98 Å². The first-order chi connectivity index (χ1) is 4.88. The molecule has 10 heavy (non-hydrogen) atoms. The molecule has 0 aliphatic heterocycles. The molecule has 2 nitrogen and oxygen atoms in total. The Morgan fingerprint density at radius 2 is 2.40 bits per heavy atom. The van der Waals surface area contributed by atoms with Gasteiger partial charge in [-0.3, -0.25) is 4.98 Å². The summed E-state index contributed by atoms with van der Waals surface area (Å²) in [6, 6.07) is 1.95. The molecule has 0 saturated heterocycles. The number of nitrogens with zero attached hydrogens (tertiary/aromatic N) is 1. The van der Waals surface area contributed by atoms with Crippen LogP contribution in [0.25, 0.3) is 10.8 Å². The van der Waals surface area contributed by atoms with Gasteiger partial charge >= 0.3 is 0 Å². The molecule has 0 spiro atoms. The average Bonchev–Trinajstić information content (AvgIpc) is 2.34. The topological polar surface area (TPSA) is 26.0 Å². The summed E-state index contributed by atoms with van der Waals surface area (Å²) in [5.74, 6) is 0.956. The second kappa shape index (κ2) is 1.84.